The lowest BCUT2D eigenvalue weighted by Crippen LogP contribution is -2.25. The molecule has 32 heavy (non-hydrogen) atoms. The first-order valence-corrected chi connectivity index (χ1v) is 11.3. The summed E-state index contributed by atoms with van der Waals surface area (Å²) in [5, 5.41) is 1.22. The minimum Gasteiger partial charge on any atom is -0.451 e. The van der Waals surface area contributed by atoms with Crippen molar-refractivity contribution in [3.63, 3.8) is 0 Å². The van der Waals surface area contributed by atoms with Gasteiger partial charge in [0.05, 0.1) is 11.1 Å². The van der Waals surface area contributed by atoms with E-state index in [-0.39, 0.29) is 10.5 Å². The van der Waals surface area contributed by atoms with Gasteiger partial charge in [0.25, 0.3) is 0 Å². The largest absolute Gasteiger partial charge is 0.451 e. The molecule has 0 aliphatic rings. The van der Waals surface area contributed by atoms with Crippen molar-refractivity contribution in [3.05, 3.63) is 100 Å². The van der Waals surface area contributed by atoms with E-state index in [0.29, 0.717) is 11.1 Å². The number of halogens is 3. The highest BCUT2D eigenvalue weighted by molar-refractivity contribution is 7.45. The van der Waals surface area contributed by atoms with Crippen molar-refractivity contribution in [2.24, 2.45) is 0 Å². The number of alkyl halides is 3. The molecule has 3 aromatic carbocycles. The quantitative estimate of drug-likeness (QED) is 0.230. The molecular weight excluding hydrogens is 433 g/mol. The minimum absolute atomic E-state index is 0.173. The number of rotatable bonds is 4. The van der Waals surface area contributed by atoms with Gasteiger partial charge in [0.1, 0.15) is 5.60 Å². The highest BCUT2D eigenvalue weighted by atomic mass is 32.2. The Bertz CT molecular complexity index is 1270. The number of ether oxygens (including phenoxy) is 1. The van der Waals surface area contributed by atoms with Crippen LogP contribution in [0.2, 0.25) is 0 Å². The molecule has 0 aliphatic carbocycles. The zero-order valence-corrected chi connectivity index (χ0v) is 18.7. The lowest BCUT2D eigenvalue weighted by molar-refractivity contribution is -0.137. The Hall–Kier alpha value is -3.12. The van der Waals surface area contributed by atoms with Crippen LogP contribution in [-0.2, 0) is 16.5 Å². The average Bonchev–Trinajstić information content (AvgIpc) is 3.08. The molecule has 2 nitrogen and oxygen atoms in total. The SMILES string of the molecule is Cc1cc2ccccc2[s+]1-c1ccc(C(=O)OC(C)(C)c2ccc(C(F)(F)F)cc2)cc1. The second-order valence-electron chi connectivity index (χ2n) is 8.10. The molecule has 0 N–H and O–H groups in total. The summed E-state index contributed by atoms with van der Waals surface area (Å²) >= 11 is 0. The number of benzene rings is 3. The van der Waals surface area contributed by atoms with Crippen LogP contribution in [0.15, 0.2) is 78.9 Å². The van der Waals surface area contributed by atoms with Crippen LogP contribution in [0.3, 0.4) is 0 Å². The Balaban J connectivity index is 1.54. The van der Waals surface area contributed by atoms with Crippen LogP contribution in [0.1, 0.15) is 40.2 Å². The highest BCUT2D eigenvalue weighted by Gasteiger charge is 2.32. The summed E-state index contributed by atoms with van der Waals surface area (Å²) in [6.45, 7) is 5.43. The van der Waals surface area contributed by atoms with E-state index in [9.17, 15) is 18.0 Å². The number of carbonyl (C=O) groups excluding carboxylic acids is 1. The van der Waals surface area contributed by atoms with Crippen LogP contribution in [0.5, 0.6) is 0 Å². The third kappa shape index (κ3) is 4.28. The van der Waals surface area contributed by atoms with Crippen molar-refractivity contribution < 1.29 is 22.7 Å². The van der Waals surface area contributed by atoms with Crippen LogP contribution in [-0.4, -0.2) is 5.97 Å². The molecular formula is C26H22F3O2S+. The van der Waals surface area contributed by atoms with E-state index in [4.69, 9.17) is 4.74 Å². The number of hydrogen-bond donors (Lipinski definition) is 0. The first kappa shape index (κ1) is 22.1. The maximum absolute atomic E-state index is 12.8. The summed E-state index contributed by atoms with van der Waals surface area (Å²) < 4.78 is 45.3. The summed E-state index contributed by atoms with van der Waals surface area (Å²) in [6.07, 6.45) is -4.41. The van der Waals surface area contributed by atoms with E-state index in [0.717, 1.165) is 17.0 Å². The van der Waals surface area contributed by atoms with Gasteiger partial charge in [0, 0.05) is 28.8 Å². The Morgan fingerprint density at radius 2 is 1.44 bits per heavy atom. The van der Waals surface area contributed by atoms with Gasteiger partial charge in [-0.25, -0.2) is 4.79 Å². The van der Waals surface area contributed by atoms with E-state index >= 15 is 0 Å². The van der Waals surface area contributed by atoms with Crippen LogP contribution in [0, 0.1) is 6.92 Å². The molecule has 1 unspecified atom stereocenters. The molecule has 164 valence electrons. The van der Waals surface area contributed by atoms with Gasteiger partial charge in [-0.3, -0.25) is 0 Å². The Kier molecular flexibility index (Phi) is 5.59. The standard InChI is InChI=1S/C26H22F3O2S/c1-17-16-19-6-4-5-7-23(19)32(17)22-14-8-18(9-15-22)24(30)31-25(2,3)20-10-12-21(13-11-20)26(27,28)29/h4-16H,1-3H3/q+1. The van der Waals surface area contributed by atoms with Gasteiger partial charge in [0.15, 0.2) is 14.5 Å². The molecule has 0 spiro atoms. The van der Waals surface area contributed by atoms with Crippen LogP contribution in [0.4, 0.5) is 13.2 Å². The van der Waals surface area contributed by atoms with E-state index in [1.165, 1.54) is 27.1 Å². The monoisotopic (exact) mass is 455 g/mol. The van der Waals surface area contributed by atoms with E-state index in [1.807, 2.05) is 24.3 Å². The number of esters is 1. The Morgan fingerprint density at radius 3 is 2.06 bits per heavy atom. The van der Waals surface area contributed by atoms with Crippen LogP contribution >= 0.6 is 10.5 Å². The van der Waals surface area contributed by atoms with Crippen molar-refractivity contribution in [1.82, 2.24) is 0 Å². The van der Waals surface area contributed by atoms with Gasteiger partial charge < -0.3 is 4.74 Å². The van der Waals surface area contributed by atoms with Gasteiger partial charge in [-0.15, -0.1) is 0 Å². The second-order valence-corrected chi connectivity index (χ2v) is 10.3. The summed E-state index contributed by atoms with van der Waals surface area (Å²) in [5.41, 5.74) is -0.935. The molecule has 0 amide bonds. The van der Waals surface area contributed by atoms with Gasteiger partial charge in [0.2, 0.25) is 0 Å². The van der Waals surface area contributed by atoms with Crippen molar-refractivity contribution >= 4 is 26.5 Å². The summed E-state index contributed by atoms with van der Waals surface area (Å²) in [6, 6.07) is 22.5. The fourth-order valence-corrected chi connectivity index (χ4v) is 5.89. The number of thiophene rings is 1. The van der Waals surface area contributed by atoms with Gasteiger partial charge in [-0.05, 0) is 67.9 Å². The first-order valence-electron chi connectivity index (χ1n) is 10.1. The molecule has 0 saturated heterocycles. The lowest BCUT2D eigenvalue weighted by atomic mass is 9.96. The zero-order chi connectivity index (χ0) is 23.1. The fraction of sp³-hybridized carbons (Fsp3) is 0.192. The molecule has 4 rings (SSSR count). The summed E-state index contributed by atoms with van der Waals surface area (Å²) in [7, 11) is -0.173. The van der Waals surface area contributed by atoms with Crippen molar-refractivity contribution in [1.29, 1.82) is 0 Å². The minimum atomic E-state index is -4.41. The number of hydrogen-bond acceptors (Lipinski definition) is 2. The van der Waals surface area contributed by atoms with Crippen LogP contribution < -0.4 is 0 Å². The molecule has 1 aromatic heterocycles. The average molecular weight is 456 g/mol. The highest BCUT2D eigenvalue weighted by Crippen LogP contribution is 2.43. The normalized spacial score (nSPS) is 12.8. The molecule has 1 atom stereocenters. The van der Waals surface area contributed by atoms with Gasteiger partial charge >= 0.3 is 12.1 Å². The molecule has 1 heterocycles. The van der Waals surface area contributed by atoms with Crippen molar-refractivity contribution in [2.75, 3.05) is 0 Å². The lowest BCUT2D eigenvalue weighted by Gasteiger charge is -2.26. The first-order chi connectivity index (χ1) is 15.1. The Labute approximate surface area is 187 Å². The summed E-state index contributed by atoms with van der Waals surface area (Å²) in [4.78, 5) is 15.1. The Morgan fingerprint density at radius 1 is 0.844 bits per heavy atom. The topological polar surface area (TPSA) is 26.3 Å². The van der Waals surface area contributed by atoms with Crippen LogP contribution in [0.25, 0.3) is 15.0 Å². The predicted molar refractivity (Wildman–Crippen MR) is 122 cm³/mol. The molecule has 0 fully saturated rings. The van der Waals surface area contributed by atoms with Gasteiger partial charge in [-0.2, -0.15) is 13.2 Å². The predicted octanol–water partition coefficient (Wildman–Crippen LogP) is 8.00. The number of aryl methyl sites for hydroxylation is 1. The third-order valence-electron chi connectivity index (χ3n) is 5.40. The molecule has 6 heteroatoms. The maximum Gasteiger partial charge on any atom is 0.416 e. The molecule has 0 bridgehead atoms. The molecule has 0 radical (unpaired) electrons. The number of carbonyl (C=O) groups is 1. The maximum atomic E-state index is 12.8. The number of fused-ring (bicyclic) bond motifs is 1. The second kappa shape index (κ2) is 8.10. The van der Waals surface area contributed by atoms with E-state index in [2.05, 4.69) is 25.1 Å². The van der Waals surface area contributed by atoms with Crippen molar-refractivity contribution in [2.45, 2.75) is 32.5 Å². The molecule has 4 aromatic rings. The smallest absolute Gasteiger partial charge is 0.416 e. The van der Waals surface area contributed by atoms with E-state index < -0.39 is 23.3 Å². The van der Waals surface area contributed by atoms with E-state index in [1.54, 1.807) is 26.0 Å². The van der Waals surface area contributed by atoms with Crippen molar-refractivity contribution in [3.8, 4) is 4.90 Å². The zero-order valence-electron chi connectivity index (χ0n) is 17.9. The summed E-state index contributed by atoms with van der Waals surface area (Å²) in [5.74, 6) is -0.524. The molecule has 0 aliphatic heterocycles. The molecule has 0 saturated carbocycles. The van der Waals surface area contributed by atoms with Gasteiger partial charge in [-0.1, -0.05) is 24.3 Å². The fourth-order valence-electron chi connectivity index (χ4n) is 3.69. The third-order valence-corrected chi connectivity index (χ3v) is 7.72.